The van der Waals surface area contributed by atoms with E-state index in [4.69, 9.17) is 0 Å². The van der Waals surface area contributed by atoms with Crippen LogP contribution in [-0.4, -0.2) is 34.2 Å². The average molecular weight is 269 g/mol. The molecule has 2 fully saturated rings. The van der Waals surface area contributed by atoms with E-state index in [-0.39, 0.29) is 23.7 Å². The fourth-order valence-corrected chi connectivity index (χ4v) is 3.36. The number of piperidine rings is 1. The van der Waals surface area contributed by atoms with Gasteiger partial charge < -0.3 is 10.2 Å². The van der Waals surface area contributed by atoms with Crippen LogP contribution in [0.5, 0.6) is 0 Å². The van der Waals surface area contributed by atoms with Gasteiger partial charge >= 0.3 is 0 Å². The number of aliphatic hydroxyl groups excluding tert-OH is 2. The van der Waals surface area contributed by atoms with Crippen LogP contribution in [0.4, 0.5) is 0 Å². The maximum absolute atomic E-state index is 11.3. The minimum Gasteiger partial charge on any atom is -0.393 e. The fraction of sp³-hybridized carbons (Fsp3) is 0.857. The molecule has 4 atom stereocenters. The third-order valence-electron chi connectivity index (χ3n) is 4.42. The SMILES string of the molecule is C[C@@H]1CC[C@@H](O)[C@H]([C@H](O)CC2CC(=O)NC(=O)C2)C1. The van der Waals surface area contributed by atoms with Gasteiger partial charge in [0.2, 0.25) is 11.8 Å². The summed E-state index contributed by atoms with van der Waals surface area (Å²) in [5.74, 6) is -0.221. The maximum Gasteiger partial charge on any atom is 0.226 e. The molecule has 2 aliphatic rings. The van der Waals surface area contributed by atoms with Crippen LogP contribution >= 0.6 is 0 Å². The number of hydrogen-bond donors (Lipinski definition) is 3. The number of rotatable bonds is 3. The number of imide groups is 1. The highest BCUT2D eigenvalue weighted by Gasteiger charge is 2.35. The Bertz CT molecular complexity index is 341. The lowest BCUT2D eigenvalue weighted by Gasteiger charge is -2.36. The van der Waals surface area contributed by atoms with E-state index in [2.05, 4.69) is 12.2 Å². The first-order valence-corrected chi connectivity index (χ1v) is 7.14. The Labute approximate surface area is 113 Å². The third kappa shape index (κ3) is 3.76. The Morgan fingerprint density at radius 3 is 2.53 bits per heavy atom. The average Bonchev–Trinajstić information content (AvgIpc) is 2.30. The first kappa shape index (κ1) is 14.5. The standard InChI is InChI=1S/C14H23NO4/c1-8-2-3-11(16)10(4-8)12(17)5-9-6-13(18)15-14(19)7-9/h8-12,16-17H,2-7H2,1H3,(H,15,18,19)/t8-,10-,11-,12-/m1/s1. The molecule has 2 amide bonds. The highest BCUT2D eigenvalue weighted by molar-refractivity contribution is 5.97. The monoisotopic (exact) mass is 269 g/mol. The fourth-order valence-electron chi connectivity index (χ4n) is 3.36. The van der Waals surface area contributed by atoms with Crippen molar-refractivity contribution < 1.29 is 19.8 Å². The van der Waals surface area contributed by atoms with Gasteiger partial charge in [-0.15, -0.1) is 0 Å². The molecule has 0 unspecified atom stereocenters. The lowest BCUT2D eigenvalue weighted by atomic mass is 9.75. The van der Waals surface area contributed by atoms with E-state index in [9.17, 15) is 19.8 Å². The molecule has 1 heterocycles. The number of carbonyl (C=O) groups is 2. The summed E-state index contributed by atoms with van der Waals surface area (Å²) in [4.78, 5) is 22.6. The highest BCUT2D eigenvalue weighted by Crippen LogP contribution is 2.34. The summed E-state index contributed by atoms with van der Waals surface area (Å²) in [6.07, 6.45) is 2.47. The molecule has 5 nitrogen and oxygen atoms in total. The molecule has 5 heteroatoms. The molecule has 19 heavy (non-hydrogen) atoms. The number of amides is 2. The minimum atomic E-state index is -0.624. The Morgan fingerprint density at radius 1 is 1.26 bits per heavy atom. The molecular formula is C14H23NO4. The second-order valence-electron chi connectivity index (χ2n) is 6.20. The lowest BCUT2D eigenvalue weighted by molar-refractivity contribution is -0.135. The van der Waals surface area contributed by atoms with Crippen LogP contribution < -0.4 is 5.32 Å². The van der Waals surface area contributed by atoms with E-state index in [0.717, 1.165) is 19.3 Å². The first-order chi connectivity index (χ1) is 8.95. The summed E-state index contributed by atoms with van der Waals surface area (Å²) in [6.45, 7) is 2.13. The van der Waals surface area contributed by atoms with Crippen LogP contribution in [0.1, 0.15) is 45.4 Å². The first-order valence-electron chi connectivity index (χ1n) is 7.14. The normalized spacial score (nSPS) is 35.0. The summed E-state index contributed by atoms with van der Waals surface area (Å²) in [5.41, 5.74) is 0. The Morgan fingerprint density at radius 2 is 1.89 bits per heavy atom. The van der Waals surface area contributed by atoms with Crippen LogP contribution in [0, 0.1) is 17.8 Å². The van der Waals surface area contributed by atoms with Gasteiger partial charge in [-0.3, -0.25) is 14.9 Å². The van der Waals surface area contributed by atoms with Gasteiger partial charge in [-0.1, -0.05) is 6.92 Å². The molecule has 0 radical (unpaired) electrons. The molecule has 1 saturated heterocycles. The van der Waals surface area contributed by atoms with Gasteiger partial charge in [0.1, 0.15) is 0 Å². The van der Waals surface area contributed by atoms with Gasteiger partial charge in [0.15, 0.2) is 0 Å². The molecular weight excluding hydrogens is 246 g/mol. The van der Waals surface area contributed by atoms with E-state index in [0.29, 0.717) is 25.2 Å². The smallest absolute Gasteiger partial charge is 0.226 e. The maximum atomic E-state index is 11.3. The summed E-state index contributed by atoms with van der Waals surface area (Å²) in [6, 6.07) is 0. The van der Waals surface area contributed by atoms with Crippen LogP contribution in [0.15, 0.2) is 0 Å². The third-order valence-corrected chi connectivity index (χ3v) is 4.42. The second kappa shape index (κ2) is 6.01. The van der Waals surface area contributed by atoms with E-state index in [1.807, 2.05) is 0 Å². The molecule has 108 valence electrons. The van der Waals surface area contributed by atoms with Crippen molar-refractivity contribution in [3.05, 3.63) is 0 Å². The molecule has 1 aliphatic heterocycles. The number of hydrogen-bond acceptors (Lipinski definition) is 4. The quantitative estimate of drug-likeness (QED) is 0.654. The zero-order valence-corrected chi connectivity index (χ0v) is 11.3. The predicted octanol–water partition coefficient (Wildman–Crippen LogP) is 0.587. The number of aliphatic hydroxyl groups is 2. The van der Waals surface area contributed by atoms with Crippen LogP contribution in [0.2, 0.25) is 0 Å². The Hall–Kier alpha value is -0.940. The lowest BCUT2D eigenvalue weighted by Crippen LogP contribution is -2.42. The highest BCUT2D eigenvalue weighted by atomic mass is 16.3. The predicted molar refractivity (Wildman–Crippen MR) is 69.0 cm³/mol. The number of carbonyl (C=O) groups excluding carboxylic acids is 2. The van der Waals surface area contributed by atoms with Gasteiger partial charge in [0, 0.05) is 18.8 Å². The number of nitrogens with one attached hydrogen (secondary N) is 1. The largest absolute Gasteiger partial charge is 0.393 e. The Kier molecular flexibility index (Phi) is 4.58. The van der Waals surface area contributed by atoms with Gasteiger partial charge in [0.25, 0.3) is 0 Å². The minimum absolute atomic E-state index is 0.0966. The molecule has 2 rings (SSSR count). The van der Waals surface area contributed by atoms with Crippen LogP contribution in [0.3, 0.4) is 0 Å². The van der Waals surface area contributed by atoms with Gasteiger partial charge in [-0.2, -0.15) is 0 Å². The van der Waals surface area contributed by atoms with E-state index in [1.54, 1.807) is 0 Å². The van der Waals surface area contributed by atoms with Gasteiger partial charge in [-0.25, -0.2) is 0 Å². The van der Waals surface area contributed by atoms with Crippen molar-refractivity contribution in [2.75, 3.05) is 0 Å². The van der Waals surface area contributed by atoms with Crippen LogP contribution in [-0.2, 0) is 9.59 Å². The molecule has 3 N–H and O–H groups in total. The topological polar surface area (TPSA) is 86.6 Å². The zero-order valence-electron chi connectivity index (χ0n) is 11.3. The van der Waals surface area contributed by atoms with Crippen LogP contribution in [0.25, 0.3) is 0 Å². The van der Waals surface area contributed by atoms with E-state index in [1.165, 1.54) is 0 Å². The summed E-state index contributed by atoms with van der Waals surface area (Å²) < 4.78 is 0. The van der Waals surface area contributed by atoms with Gasteiger partial charge in [-0.05, 0) is 37.5 Å². The summed E-state index contributed by atoms with van der Waals surface area (Å²) in [5, 5.41) is 22.5. The van der Waals surface area contributed by atoms with E-state index >= 15 is 0 Å². The Balaban J connectivity index is 1.90. The molecule has 1 saturated carbocycles. The molecule has 0 aromatic heterocycles. The molecule has 1 aliphatic carbocycles. The summed E-state index contributed by atoms with van der Waals surface area (Å²) in [7, 11) is 0. The van der Waals surface area contributed by atoms with Crippen molar-refractivity contribution in [1.29, 1.82) is 0 Å². The molecule has 0 spiro atoms. The van der Waals surface area contributed by atoms with Crippen molar-refractivity contribution in [2.24, 2.45) is 17.8 Å². The molecule has 0 aromatic carbocycles. The molecule has 0 bridgehead atoms. The van der Waals surface area contributed by atoms with Gasteiger partial charge in [0.05, 0.1) is 12.2 Å². The van der Waals surface area contributed by atoms with Crippen molar-refractivity contribution in [2.45, 2.75) is 57.7 Å². The van der Waals surface area contributed by atoms with Crippen molar-refractivity contribution >= 4 is 11.8 Å². The van der Waals surface area contributed by atoms with Crippen molar-refractivity contribution in [1.82, 2.24) is 5.32 Å². The van der Waals surface area contributed by atoms with E-state index < -0.39 is 12.2 Å². The van der Waals surface area contributed by atoms with Crippen molar-refractivity contribution in [3.63, 3.8) is 0 Å². The summed E-state index contributed by atoms with van der Waals surface area (Å²) >= 11 is 0. The molecule has 0 aromatic rings. The second-order valence-corrected chi connectivity index (χ2v) is 6.20. The van der Waals surface area contributed by atoms with Crippen molar-refractivity contribution in [3.8, 4) is 0 Å². The zero-order chi connectivity index (χ0) is 14.0.